The molecule has 1 fully saturated rings. The van der Waals surface area contributed by atoms with Gasteiger partial charge in [0, 0.05) is 18.0 Å². The molecule has 1 rings (SSSR count). The number of nitrogens with one attached hydrogen (secondary N) is 2. The lowest BCUT2D eigenvalue weighted by atomic mass is 10.2. The van der Waals surface area contributed by atoms with E-state index in [0.717, 1.165) is 19.5 Å². The summed E-state index contributed by atoms with van der Waals surface area (Å²) in [6, 6.07) is 0.449. The summed E-state index contributed by atoms with van der Waals surface area (Å²) in [5.41, 5.74) is 0. The number of thiocarbonyl (C=S) groups is 1. The number of rotatable bonds is 2. The SMILES string of the molecule is CNCC1NCCC1=S. The van der Waals surface area contributed by atoms with E-state index in [4.69, 9.17) is 12.2 Å². The Kier molecular flexibility index (Phi) is 2.57. The van der Waals surface area contributed by atoms with E-state index in [-0.39, 0.29) is 0 Å². The van der Waals surface area contributed by atoms with Gasteiger partial charge in [0.15, 0.2) is 0 Å². The van der Waals surface area contributed by atoms with Crippen molar-refractivity contribution in [3.63, 3.8) is 0 Å². The van der Waals surface area contributed by atoms with Crippen molar-refractivity contribution in [2.45, 2.75) is 12.5 Å². The highest BCUT2D eigenvalue weighted by Crippen LogP contribution is 2.00. The minimum absolute atomic E-state index is 0.449. The molecule has 1 heterocycles. The van der Waals surface area contributed by atoms with Crippen molar-refractivity contribution in [1.82, 2.24) is 10.6 Å². The molecule has 0 spiro atoms. The molecular formula is C6H12N2S. The minimum Gasteiger partial charge on any atom is -0.318 e. The molecule has 1 saturated heterocycles. The molecule has 1 aliphatic heterocycles. The van der Waals surface area contributed by atoms with Crippen LogP contribution in [0.4, 0.5) is 0 Å². The molecule has 0 aromatic rings. The second-order valence-corrected chi connectivity index (χ2v) is 2.81. The van der Waals surface area contributed by atoms with Crippen LogP contribution in [0.5, 0.6) is 0 Å². The molecule has 0 saturated carbocycles. The average molecular weight is 144 g/mol. The van der Waals surface area contributed by atoms with Gasteiger partial charge in [-0.15, -0.1) is 0 Å². The fraction of sp³-hybridized carbons (Fsp3) is 0.833. The largest absolute Gasteiger partial charge is 0.318 e. The Morgan fingerprint density at radius 2 is 2.67 bits per heavy atom. The van der Waals surface area contributed by atoms with Crippen LogP contribution in [0.1, 0.15) is 6.42 Å². The van der Waals surface area contributed by atoms with Crippen LogP contribution in [0.2, 0.25) is 0 Å². The maximum absolute atomic E-state index is 5.10. The Labute approximate surface area is 61.0 Å². The van der Waals surface area contributed by atoms with E-state index in [1.807, 2.05) is 7.05 Å². The third-order valence-corrected chi connectivity index (χ3v) is 2.05. The summed E-state index contributed by atoms with van der Waals surface area (Å²) in [5.74, 6) is 0. The van der Waals surface area contributed by atoms with Gasteiger partial charge in [-0.05, 0) is 13.5 Å². The number of likely N-dealkylation sites (N-methyl/N-ethyl adjacent to an activating group) is 1. The third-order valence-electron chi connectivity index (χ3n) is 1.56. The molecule has 0 aromatic carbocycles. The Hall–Kier alpha value is 0.01000. The van der Waals surface area contributed by atoms with E-state index in [0.29, 0.717) is 6.04 Å². The van der Waals surface area contributed by atoms with Gasteiger partial charge in [-0.3, -0.25) is 0 Å². The maximum Gasteiger partial charge on any atom is 0.0511 e. The highest BCUT2D eigenvalue weighted by atomic mass is 32.1. The van der Waals surface area contributed by atoms with Crippen molar-refractivity contribution in [1.29, 1.82) is 0 Å². The Morgan fingerprint density at radius 3 is 3.11 bits per heavy atom. The summed E-state index contributed by atoms with van der Waals surface area (Å²) < 4.78 is 0. The second kappa shape index (κ2) is 3.25. The third kappa shape index (κ3) is 1.71. The molecule has 0 bridgehead atoms. The first-order valence-electron chi connectivity index (χ1n) is 3.25. The first kappa shape index (κ1) is 7.12. The standard InChI is InChI=1S/C6H12N2S/c1-7-4-5-6(9)2-3-8-5/h5,7-8H,2-4H2,1H3. The van der Waals surface area contributed by atoms with Gasteiger partial charge in [0.2, 0.25) is 0 Å². The summed E-state index contributed by atoms with van der Waals surface area (Å²) in [6.45, 7) is 2.03. The molecule has 1 atom stereocenters. The molecule has 0 aromatic heterocycles. The van der Waals surface area contributed by atoms with E-state index in [1.54, 1.807) is 0 Å². The zero-order valence-electron chi connectivity index (χ0n) is 5.61. The molecule has 1 aliphatic rings. The van der Waals surface area contributed by atoms with E-state index in [2.05, 4.69) is 10.6 Å². The Morgan fingerprint density at radius 1 is 1.89 bits per heavy atom. The summed E-state index contributed by atoms with van der Waals surface area (Å²) in [4.78, 5) is 1.17. The van der Waals surface area contributed by atoms with Crippen LogP contribution in [-0.4, -0.2) is 31.0 Å². The molecule has 0 amide bonds. The van der Waals surface area contributed by atoms with Crippen molar-refractivity contribution >= 4 is 17.1 Å². The number of hydrogen-bond donors (Lipinski definition) is 2. The Bertz CT molecular complexity index is 114. The van der Waals surface area contributed by atoms with E-state index >= 15 is 0 Å². The lowest BCUT2D eigenvalue weighted by molar-refractivity contribution is 0.644. The van der Waals surface area contributed by atoms with Gasteiger partial charge < -0.3 is 10.6 Å². The van der Waals surface area contributed by atoms with Crippen molar-refractivity contribution in [2.24, 2.45) is 0 Å². The van der Waals surface area contributed by atoms with Crippen molar-refractivity contribution in [2.75, 3.05) is 20.1 Å². The molecule has 2 N–H and O–H groups in total. The minimum atomic E-state index is 0.449. The topological polar surface area (TPSA) is 24.1 Å². The van der Waals surface area contributed by atoms with Crippen LogP contribution < -0.4 is 10.6 Å². The smallest absolute Gasteiger partial charge is 0.0511 e. The molecule has 0 radical (unpaired) electrons. The molecule has 3 heteroatoms. The van der Waals surface area contributed by atoms with Crippen molar-refractivity contribution in [3.8, 4) is 0 Å². The lowest BCUT2D eigenvalue weighted by Gasteiger charge is -2.07. The van der Waals surface area contributed by atoms with Crippen LogP contribution in [0.3, 0.4) is 0 Å². The average Bonchev–Trinajstić information content (AvgIpc) is 2.18. The first-order chi connectivity index (χ1) is 4.34. The lowest BCUT2D eigenvalue weighted by Crippen LogP contribution is -2.35. The Balaban J connectivity index is 2.31. The summed E-state index contributed by atoms with van der Waals surface area (Å²) in [7, 11) is 1.95. The highest BCUT2D eigenvalue weighted by Gasteiger charge is 2.17. The second-order valence-electron chi connectivity index (χ2n) is 2.28. The molecule has 2 nitrogen and oxygen atoms in total. The van der Waals surface area contributed by atoms with Crippen molar-refractivity contribution < 1.29 is 0 Å². The predicted octanol–water partition coefficient (Wildman–Crippen LogP) is -0.0624. The van der Waals surface area contributed by atoms with E-state index in [9.17, 15) is 0 Å². The van der Waals surface area contributed by atoms with Crippen LogP contribution in [0, 0.1) is 0 Å². The zero-order chi connectivity index (χ0) is 6.69. The van der Waals surface area contributed by atoms with Crippen LogP contribution in [0.25, 0.3) is 0 Å². The van der Waals surface area contributed by atoms with Gasteiger partial charge >= 0.3 is 0 Å². The number of hydrogen-bond acceptors (Lipinski definition) is 3. The van der Waals surface area contributed by atoms with Crippen LogP contribution >= 0.6 is 12.2 Å². The van der Waals surface area contributed by atoms with Gasteiger partial charge in [-0.25, -0.2) is 0 Å². The summed E-state index contributed by atoms with van der Waals surface area (Å²) in [6.07, 6.45) is 1.07. The van der Waals surface area contributed by atoms with Gasteiger partial charge in [-0.2, -0.15) is 0 Å². The van der Waals surface area contributed by atoms with Gasteiger partial charge in [0.1, 0.15) is 0 Å². The van der Waals surface area contributed by atoms with Gasteiger partial charge in [0.05, 0.1) is 6.04 Å². The highest BCUT2D eigenvalue weighted by molar-refractivity contribution is 7.80. The maximum atomic E-state index is 5.10. The van der Waals surface area contributed by atoms with Gasteiger partial charge in [0.25, 0.3) is 0 Å². The predicted molar refractivity (Wildman–Crippen MR) is 42.9 cm³/mol. The molecule has 9 heavy (non-hydrogen) atoms. The van der Waals surface area contributed by atoms with Crippen LogP contribution in [-0.2, 0) is 0 Å². The van der Waals surface area contributed by atoms with E-state index < -0.39 is 0 Å². The first-order valence-corrected chi connectivity index (χ1v) is 3.66. The quantitative estimate of drug-likeness (QED) is 0.531. The monoisotopic (exact) mass is 144 g/mol. The normalized spacial score (nSPS) is 27.2. The van der Waals surface area contributed by atoms with E-state index in [1.165, 1.54) is 4.86 Å². The fourth-order valence-electron chi connectivity index (χ4n) is 1.05. The summed E-state index contributed by atoms with van der Waals surface area (Å²) in [5, 5.41) is 6.39. The fourth-order valence-corrected chi connectivity index (χ4v) is 1.32. The molecule has 0 aliphatic carbocycles. The van der Waals surface area contributed by atoms with Gasteiger partial charge in [-0.1, -0.05) is 12.2 Å². The van der Waals surface area contributed by atoms with Crippen LogP contribution in [0.15, 0.2) is 0 Å². The van der Waals surface area contributed by atoms with Crippen molar-refractivity contribution in [3.05, 3.63) is 0 Å². The molecule has 52 valence electrons. The molecule has 1 unspecified atom stereocenters. The zero-order valence-corrected chi connectivity index (χ0v) is 6.42. The molecular weight excluding hydrogens is 132 g/mol. The summed E-state index contributed by atoms with van der Waals surface area (Å²) >= 11 is 5.10.